The molecule has 3 aromatic rings. The lowest BCUT2D eigenvalue weighted by molar-refractivity contribution is -0.149. The molecule has 2 aromatic heterocycles. The number of piperidine rings is 1. The number of likely N-dealkylation sites (tertiary alicyclic amines) is 1. The molecule has 0 aliphatic carbocycles. The van der Waals surface area contributed by atoms with Gasteiger partial charge in [0.2, 0.25) is 0 Å². The zero-order chi connectivity index (χ0) is 26.7. The van der Waals surface area contributed by atoms with E-state index in [9.17, 15) is 9.59 Å². The number of tetrazole rings is 1. The van der Waals surface area contributed by atoms with Crippen LogP contribution in [0.25, 0.3) is 10.9 Å². The summed E-state index contributed by atoms with van der Waals surface area (Å²) < 4.78 is 18.0. The number of fused-ring (bicyclic) bond motifs is 1. The normalized spacial score (nSPS) is 16.1. The molecule has 1 aliphatic rings. The molecule has 0 radical (unpaired) electrons. The number of methoxy groups -OCH3 is 2. The van der Waals surface area contributed by atoms with Crippen LogP contribution in [0.15, 0.2) is 23.0 Å². The summed E-state index contributed by atoms with van der Waals surface area (Å²) in [7, 11) is 3.13. The minimum atomic E-state index is -0.509. The Hall–Kier alpha value is -3.47. The molecule has 0 amide bonds. The number of hydrogen-bond acceptors (Lipinski definition) is 9. The number of nitrogens with zero attached hydrogens (tertiary/aromatic N) is 5. The molecule has 1 fully saturated rings. The fourth-order valence-corrected chi connectivity index (χ4v) is 4.85. The van der Waals surface area contributed by atoms with E-state index in [4.69, 9.17) is 14.2 Å². The molecular formula is C26H36N6O5. The first-order valence-electron chi connectivity index (χ1n) is 12.7. The smallest absolute Gasteiger partial charge is 0.309 e. The quantitative estimate of drug-likeness (QED) is 0.431. The fraction of sp³-hybridized carbons (Fsp3) is 0.577. The van der Waals surface area contributed by atoms with Gasteiger partial charge in [0.15, 0.2) is 17.3 Å². The van der Waals surface area contributed by atoms with Gasteiger partial charge in [-0.05, 0) is 62.6 Å². The minimum absolute atomic E-state index is 0.161. The van der Waals surface area contributed by atoms with E-state index in [-0.39, 0.29) is 23.0 Å². The summed E-state index contributed by atoms with van der Waals surface area (Å²) in [6.07, 6.45) is 2.06. The number of rotatable bonds is 9. The highest BCUT2D eigenvalue weighted by molar-refractivity contribution is 5.83. The third-order valence-corrected chi connectivity index (χ3v) is 7.36. The van der Waals surface area contributed by atoms with Crippen molar-refractivity contribution in [2.24, 2.45) is 5.92 Å². The minimum Gasteiger partial charge on any atom is -0.493 e. The Morgan fingerprint density at radius 3 is 2.43 bits per heavy atom. The van der Waals surface area contributed by atoms with Crippen molar-refractivity contribution in [3.8, 4) is 11.5 Å². The summed E-state index contributed by atoms with van der Waals surface area (Å²) in [6, 6.07) is 4.96. The van der Waals surface area contributed by atoms with Gasteiger partial charge in [-0.25, -0.2) is 4.68 Å². The van der Waals surface area contributed by atoms with Crippen molar-refractivity contribution in [2.45, 2.75) is 58.5 Å². The van der Waals surface area contributed by atoms with Crippen molar-refractivity contribution in [1.29, 1.82) is 0 Å². The fourth-order valence-electron chi connectivity index (χ4n) is 4.85. The maximum atomic E-state index is 13.5. The van der Waals surface area contributed by atoms with Crippen LogP contribution >= 0.6 is 0 Å². The van der Waals surface area contributed by atoms with Crippen LogP contribution in [-0.4, -0.2) is 70.0 Å². The largest absolute Gasteiger partial charge is 0.493 e. The monoisotopic (exact) mass is 512 g/mol. The lowest BCUT2D eigenvalue weighted by Crippen LogP contribution is -2.43. The highest BCUT2D eigenvalue weighted by Crippen LogP contribution is 2.35. The van der Waals surface area contributed by atoms with Gasteiger partial charge in [0.1, 0.15) is 6.04 Å². The molecule has 4 rings (SSSR count). The SMILES string of the molecule is CCOC(=O)C1CCN([C@H](c2cc3cc(OC)c(OC)cc3[nH]c2=O)c2nnnn2C(C)(C)CC)CC1. The second-order valence-corrected chi connectivity index (χ2v) is 9.93. The summed E-state index contributed by atoms with van der Waals surface area (Å²) in [5.41, 5.74) is 0.568. The summed E-state index contributed by atoms with van der Waals surface area (Å²) >= 11 is 0. The molecule has 1 atom stereocenters. The lowest BCUT2D eigenvalue weighted by Gasteiger charge is -2.37. The highest BCUT2D eigenvalue weighted by atomic mass is 16.5. The van der Waals surface area contributed by atoms with Crippen molar-refractivity contribution in [2.75, 3.05) is 33.9 Å². The van der Waals surface area contributed by atoms with Gasteiger partial charge in [0.25, 0.3) is 5.56 Å². The van der Waals surface area contributed by atoms with Crippen LogP contribution in [0.4, 0.5) is 0 Å². The molecule has 0 bridgehead atoms. The molecule has 11 nitrogen and oxygen atoms in total. The van der Waals surface area contributed by atoms with Crippen LogP contribution in [0.1, 0.15) is 64.4 Å². The Kier molecular flexibility index (Phi) is 7.82. The molecule has 1 aromatic carbocycles. The van der Waals surface area contributed by atoms with E-state index in [1.54, 1.807) is 20.3 Å². The molecule has 11 heteroatoms. The summed E-state index contributed by atoms with van der Waals surface area (Å²) in [6.45, 7) is 9.58. The van der Waals surface area contributed by atoms with Crippen LogP contribution in [0.2, 0.25) is 0 Å². The Morgan fingerprint density at radius 2 is 1.81 bits per heavy atom. The standard InChI is InChI=1S/C26H36N6O5/c1-7-26(3,4)32-23(28-29-30-32)22(31-11-9-16(10-12-31)25(34)37-8-2)18-13-17-14-20(35-5)21(36-6)15-19(17)27-24(18)33/h13-16,22H,7-12H2,1-6H3,(H,27,33)/t22-/m1/s1. The van der Waals surface area contributed by atoms with Gasteiger partial charge >= 0.3 is 5.97 Å². The van der Waals surface area contributed by atoms with Gasteiger partial charge in [-0.1, -0.05) is 6.92 Å². The molecule has 37 heavy (non-hydrogen) atoms. The number of aromatic nitrogens is 5. The van der Waals surface area contributed by atoms with E-state index >= 15 is 0 Å². The first kappa shape index (κ1) is 26.6. The molecule has 200 valence electrons. The predicted octanol–water partition coefficient (Wildman–Crippen LogP) is 3.04. The van der Waals surface area contributed by atoms with Crippen LogP contribution in [0.5, 0.6) is 11.5 Å². The maximum absolute atomic E-state index is 13.5. The molecule has 1 saturated heterocycles. The van der Waals surface area contributed by atoms with Crippen molar-refractivity contribution < 1.29 is 19.0 Å². The van der Waals surface area contributed by atoms with Crippen LogP contribution in [-0.2, 0) is 15.1 Å². The predicted molar refractivity (Wildman–Crippen MR) is 138 cm³/mol. The lowest BCUT2D eigenvalue weighted by atomic mass is 9.93. The average molecular weight is 513 g/mol. The van der Waals surface area contributed by atoms with E-state index in [2.05, 4.69) is 46.2 Å². The maximum Gasteiger partial charge on any atom is 0.309 e. The Labute approximate surface area is 216 Å². The first-order chi connectivity index (χ1) is 17.7. The third-order valence-electron chi connectivity index (χ3n) is 7.36. The second-order valence-electron chi connectivity index (χ2n) is 9.93. The molecule has 0 saturated carbocycles. The Bertz CT molecular complexity index is 1310. The topological polar surface area (TPSA) is 124 Å². The number of carbonyl (C=O) groups excluding carboxylic acids is 1. The number of hydrogen-bond donors (Lipinski definition) is 1. The van der Waals surface area contributed by atoms with Crippen molar-refractivity contribution >= 4 is 16.9 Å². The molecule has 1 aliphatic heterocycles. The average Bonchev–Trinajstić information content (AvgIpc) is 3.39. The Balaban J connectivity index is 1.82. The van der Waals surface area contributed by atoms with E-state index in [0.717, 1.165) is 11.8 Å². The molecular weight excluding hydrogens is 476 g/mol. The van der Waals surface area contributed by atoms with Gasteiger partial charge in [0.05, 0.1) is 37.8 Å². The number of aromatic amines is 1. The molecule has 1 N–H and O–H groups in total. The highest BCUT2D eigenvalue weighted by Gasteiger charge is 2.37. The number of pyridine rings is 1. The van der Waals surface area contributed by atoms with E-state index in [0.29, 0.717) is 60.9 Å². The van der Waals surface area contributed by atoms with Crippen molar-refractivity contribution in [3.63, 3.8) is 0 Å². The van der Waals surface area contributed by atoms with Crippen molar-refractivity contribution in [3.05, 3.63) is 39.9 Å². The van der Waals surface area contributed by atoms with Gasteiger partial charge in [-0.15, -0.1) is 5.10 Å². The molecule has 0 unspecified atom stereocenters. The third kappa shape index (κ3) is 5.18. The Morgan fingerprint density at radius 1 is 1.14 bits per heavy atom. The first-order valence-corrected chi connectivity index (χ1v) is 12.7. The molecule has 3 heterocycles. The molecule has 0 spiro atoms. The number of nitrogens with one attached hydrogen (secondary N) is 1. The number of carbonyl (C=O) groups is 1. The van der Waals surface area contributed by atoms with Gasteiger partial charge in [-0.2, -0.15) is 0 Å². The summed E-state index contributed by atoms with van der Waals surface area (Å²) in [5, 5.41) is 13.5. The number of esters is 1. The number of H-pyrrole nitrogens is 1. The summed E-state index contributed by atoms with van der Waals surface area (Å²) in [4.78, 5) is 31.1. The number of ether oxygens (including phenoxy) is 3. The van der Waals surface area contributed by atoms with Gasteiger partial charge in [0, 0.05) is 30.1 Å². The van der Waals surface area contributed by atoms with E-state index in [1.165, 1.54) is 0 Å². The van der Waals surface area contributed by atoms with Crippen molar-refractivity contribution in [1.82, 2.24) is 30.1 Å². The summed E-state index contributed by atoms with van der Waals surface area (Å²) in [5.74, 6) is 1.36. The van der Waals surface area contributed by atoms with Gasteiger partial charge in [-0.3, -0.25) is 14.5 Å². The van der Waals surface area contributed by atoms with E-state index < -0.39 is 6.04 Å². The van der Waals surface area contributed by atoms with Gasteiger partial charge < -0.3 is 19.2 Å². The van der Waals surface area contributed by atoms with Crippen LogP contribution in [0.3, 0.4) is 0 Å². The second kappa shape index (κ2) is 10.9. The zero-order valence-electron chi connectivity index (χ0n) is 22.4. The zero-order valence-corrected chi connectivity index (χ0v) is 22.4. The van der Waals surface area contributed by atoms with E-state index in [1.807, 2.05) is 23.7 Å². The number of benzene rings is 1. The van der Waals surface area contributed by atoms with Crippen LogP contribution < -0.4 is 15.0 Å². The van der Waals surface area contributed by atoms with Crippen LogP contribution in [0, 0.1) is 5.92 Å².